The van der Waals surface area contributed by atoms with Crippen LogP contribution >= 0.6 is 11.6 Å². The van der Waals surface area contributed by atoms with Crippen molar-refractivity contribution in [2.75, 3.05) is 10.6 Å². The summed E-state index contributed by atoms with van der Waals surface area (Å²) in [6.45, 7) is 0. The smallest absolute Gasteiger partial charge is 0.258 e. The summed E-state index contributed by atoms with van der Waals surface area (Å²) in [5.74, 6) is 0.306. The van der Waals surface area contributed by atoms with Crippen LogP contribution in [-0.4, -0.2) is 21.9 Å². The number of carbonyl (C=O) groups is 1. The third kappa shape index (κ3) is 4.45. The molecular formula is C18H21ClN4O. The van der Waals surface area contributed by atoms with Gasteiger partial charge in [-0.2, -0.15) is 0 Å². The lowest BCUT2D eigenvalue weighted by Gasteiger charge is -2.15. The second kappa shape index (κ2) is 8.11. The zero-order valence-corrected chi connectivity index (χ0v) is 14.2. The molecule has 2 aromatic rings. The molecule has 5 nitrogen and oxygen atoms in total. The number of aromatic nitrogens is 2. The molecule has 0 aliphatic heterocycles. The predicted molar refractivity (Wildman–Crippen MR) is 96.5 cm³/mol. The van der Waals surface area contributed by atoms with Crippen molar-refractivity contribution in [1.82, 2.24) is 9.97 Å². The first-order valence-electron chi connectivity index (χ1n) is 8.37. The Kier molecular flexibility index (Phi) is 5.64. The maximum atomic E-state index is 12.2. The van der Waals surface area contributed by atoms with E-state index in [2.05, 4.69) is 20.6 Å². The molecule has 1 aromatic carbocycles. The number of benzene rings is 1. The predicted octanol–water partition coefficient (Wildman–Crippen LogP) is 4.52. The van der Waals surface area contributed by atoms with Gasteiger partial charge < -0.3 is 10.6 Å². The van der Waals surface area contributed by atoms with Crippen LogP contribution in [0.3, 0.4) is 0 Å². The molecule has 0 saturated heterocycles. The van der Waals surface area contributed by atoms with Crippen molar-refractivity contribution in [3.05, 3.63) is 47.2 Å². The summed E-state index contributed by atoms with van der Waals surface area (Å²) in [6, 6.07) is 7.54. The molecule has 1 amide bonds. The van der Waals surface area contributed by atoms with Crippen molar-refractivity contribution in [2.24, 2.45) is 0 Å². The van der Waals surface area contributed by atoms with E-state index in [9.17, 15) is 4.79 Å². The van der Waals surface area contributed by atoms with Gasteiger partial charge in [0.2, 0.25) is 5.95 Å². The Balaban J connectivity index is 1.61. The topological polar surface area (TPSA) is 66.9 Å². The van der Waals surface area contributed by atoms with E-state index in [1.165, 1.54) is 38.1 Å². The maximum Gasteiger partial charge on any atom is 0.258 e. The van der Waals surface area contributed by atoms with E-state index in [0.29, 0.717) is 28.3 Å². The van der Waals surface area contributed by atoms with Gasteiger partial charge in [-0.1, -0.05) is 49.4 Å². The SMILES string of the molecule is O=C(Nc1ccccc1Cl)c1cnc(NC2CCCCCC2)nc1. The van der Waals surface area contributed by atoms with Gasteiger partial charge in [-0.05, 0) is 25.0 Å². The van der Waals surface area contributed by atoms with Gasteiger partial charge >= 0.3 is 0 Å². The van der Waals surface area contributed by atoms with Gasteiger partial charge in [0.05, 0.1) is 16.3 Å². The molecule has 1 saturated carbocycles. The zero-order valence-electron chi connectivity index (χ0n) is 13.5. The van der Waals surface area contributed by atoms with E-state index < -0.39 is 0 Å². The van der Waals surface area contributed by atoms with E-state index in [-0.39, 0.29) is 5.91 Å². The minimum Gasteiger partial charge on any atom is -0.351 e. The maximum absolute atomic E-state index is 12.2. The number of para-hydroxylation sites is 1. The molecule has 1 aromatic heterocycles. The molecule has 1 heterocycles. The number of hydrogen-bond acceptors (Lipinski definition) is 4. The lowest BCUT2D eigenvalue weighted by atomic mass is 10.1. The number of nitrogens with zero attached hydrogens (tertiary/aromatic N) is 2. The second-order valence-electron chi connectivity index (χ2n) is 6.06. The van der Waals surface area contributed by atoms with Crippen molar-refractivity contribution in [2.45, 2.75) is 44.6 Å². The molecule has 126 valence electrons. The van der Waals surface area contributed by atoms with Crippen LogP contribution in [0.15, 0.2) is 36.7 Å². The van der Waals surface area contributed by atoms with Crippen LogP contribution in [0.5, 0.6) is 0 Å². The van der Waals surface area contributed by atoms with Crippen LogP contribution in [0.4, 0.5) is 11.6 Å². The highest BCUT2D eigenvalue weighted by Gasteiger charge is 2.14. The van der Waals surface area contributed by atoms with Crippen molar-refractivity contribution in [1.29, 1.82) is 0 Å². The minimum atomic E-state index is -0.274. The second-order valence-corrected chi connectivity index (χ2v) is 6.47. The number of nitrogens with one attached hydrogen (secondary N) is 2. The number of carbonyl (C=O) groups excluding carboxylic acids is 1. The Hall–Kier alpha value is -2.14. The van der Waals surface area contributed by atoms with Crippen molar-refractivity contribution in [3.63, 3.8) is 0 Å². The van der Waals surface area contributed by atoms with Crippen LogP contribution in [0.2, 0.25) is 5.02 Å². The van der Waals surface area contributed by atoms with Gasteiger partial charge in [0, 0.05) is 18.4 Å². The molecule has 0 unspecified atom stereocenters. The van der Waals surface area contributed by atoms with Gasteiger partial charge in [0.15, 0.2) is 0 Å². The third-order valence-corrected chi connectivity index (χ3v) is 4.55. The van der Waals surface area contributed by atoms with Crippen LogP contribution in [0, 0.1) is 0 Å². The Morgan fingerprint density at radius 2 is 1.71 bits per heavy atom. The van der Waals surface area contributed by atoms with Gasteiger partial charge in [0.1, 0.15) is 0 Å². The lowest BCUT2D eigenvalue weighted by molar-refractivity contribution is 0.102. The minimum absolute atomic E-state index is 0.274. The molecule has 24 heavy (non-hydrogen) atoms. The number of anilines is 2. The Morgan fingerprint density at radius 3 is 2.38 bits per heavy atom. The molecule has 0 bridgehead atoms. The number of hydrogen-bond donors (Lipinski definition) is 2. The lowest BCUT2D eigenvalue weighted by Crippen LogP contribution is -2.20. The molecule has 6 heteroatoms. The summed E-state index contributed by atoms with van der Waals surface area (Å²) in [4.78, 5) is 20.8. The molecule has 1 aliphatic carbocycles. The molecular weight excluding hydrogens is 324 g/mol. The van der Waals surface area contributed by atoms with Crippen LogP contribution in [0.1, 0.15) is 48.9 Å². The average Bonchev–Trinajstić information content (AvgIpc) is 2.86. The third-order valence-electron chi connectivity index (χ3n) is 4.22. The van der Waals surface area contributed by atoms with E-state index in [0.717, 1.165) is 12.8 Å². The molecule has 0 atom stereocenters. The Labute approximate surface area is 146 Å². The van der Waals surface area contributed by atoms with Gasteiger partial charge in [-0.15, -0.1) is 0 Å². The van der Waals surface area contributed by atoms with E-state index >= 15 is 0 Å². The van der Waals surface area contributed by atoms with Gasteiger partial charge in [-0.3, -0.25) is 4.79 Å². The van der Waals surface area contributed by atoms with E-state index in [4.69, 9.17) is 11.6 Å². The fourth-order valence-corrected chi connectivity index (χ4v) is 3.07. The molecule has 3 rings (SSSR count). The summed E-state index contributed by atoms with van der Waals surface area (Å²) >= 11 is 6.05. The normalized spacial score (nSPS) is 15.5. The van der Waals surface area contributed by atoms with E-state index in [1.807, 2.05) is 12.1 Å². The zero-order chi connectivity index (χ0) is 16.8. The van der Waals surface area contributed by atoms with Crippen molar-refractivity contribution in [3.8, 4) is 0 Å². The van der Waals surface area contributed by atoms with Gasteiger partial charge in [-0.25, -0.2) is 9.97 Å². The fraction of sp³-hybridized carbons (Fsp3) is 0.389. The standard InChI is InChI=1S/C18H21ClN4O/c19-15-9-5-6-10-16(15)23-17(24)13-11-20-18(21-12-13)22-14-7-3-1-2-4-8-14/h5-6,9-12,14H,1-4,7-8H2,(H,23,24)(H,20,21,22). The Bertz CT molecular complexity index is 682. The summed E-state index contributed by atoms with van der Waals surface area (Å²) in [7, 11) is 0. The largest absolute Gasteiger partial charge is 0.351 e. The summed E-state index contributed by atoms with van der Waals surface area (Å²) in [6.07, 6.45) is 10.5. The van der Waals surface area contributed by atoms with E-state index in [1.54, 1.807) is 12.1 Å². The summed E-state index contributed by atoms with van der Waals surface area (Å²) in [5.41, 5.74) is 0.978. The highest BCUT2D eigenvalue weighted by molar-refractivity contribution is 6.33. The highest BCUT2D eigenvalue weighted by Crippen LogP contribution is 2.22. The van der Waals surface area contributed by atoms with Crippen LogP contribution < -0.4 is 10.6 Å². The monoisotopic (exact) mass is 344 g/mol. The number of amides is 1. The van der Waals surface area contributed by atoms with Crippen molar-refractivity contribution < 1.29 is 4.79 Å². The molecule has 0 spiro atoms. The summed E-state index contributed by atoms with van der Waals surface area (Å²) in [5, 5.41) is 6.63. The molecule has 0 radical (unpaired) electrons. The van der Waals surface area contributed by atoms with Crippen LogP contribution in [0.25, 0.3) is 0 Å². The van der Waals surface area contributed by atoms with Crippen molar-refractivity contribution >= 4 is 29.1 Å². The van der Waals surface area contributed by atoms with Crippen LogP contribution in [-0.2, 0) is 0 Å². The number of halogens is 1. The Morgan fingerprint density at radius 1 is 1.04 bits per heavy atom. The summed E-state index contributed by atoms with van der Waals surface area (Å²) < 4.78 is 0. The van der Waals surface area contributed by atoms with Gasteiger partial charge in [0.25, 0.3) is 5.91 Å². The fourth-order valence-electron chi connectivity index (χ4n) is 2.88. The highest BCUT2D eigenvalue weighted by atomic mass is 35.5. The molecule has 1 fully saturated rings. The number of rotatable bonds is 4. The quantitative estimate of drug-likeness (QED) is 0.800. The average molecular weight is 345 g/mol. The molecule has 2 N–H and O–H groups in total. The first kappa shape index (κ1) is 16.7. The first-order chi connectivity index (χ1) is 11.7. The molecule has 1 aliphatic rings. The first-order valence-corrected chi connectivity index (χ1v) is 8.74.